The number of unbranched alkanes of at least 4 members (excludes halogenated alkanes) is 36. The summed E-state index contributed by atoms with van der Waals surface area (Å²) in [7, 11) is 0. The second-order valence-corrected chi connectivity index (χ2v) is 17.6. The number of aliphatic hydroxyl groups excluding tert-OH is 2. The summed E-state index contributed by atoms with van der Waals surface area (Å²) in [5.41, 5.74) is 0. The van der Waals surface area contributed by atoms with Crippen LogP contribution in [0.2, 0.25) is 0 Å². The summed E-state index contributed by atoms with van der Waals surface area (Å²) in [5.74, 6) is -0.0742. The summed E-state index contributed by atoms with van der Waals surface area (Å²) < 4.78 is 0. The Labute approximate surface area is 357 Å². The third-order valence-corrected chi connectivity index (χ3v) is 11.9. The van der Waals surface area contributed by atoms with Gasteiger partial charge in [0.1, 0.15) is 0 Å². The molecule has 0 spiro atoms. The smallest absolute Gasteiger partial charge is 0.220 e. The number of hydrogen-bond donors (Lipinski definition) is 3. The van der Waals surface area contributed by atoms with Crippen LogP contribution in [0.15, 0.2) is 36.5 Å². The van der Waals surface area contributed by atoms with Gasteiger partial charge in [-0.1, -0.05) is 262 Å². The van der Waals surface area contributed by atoms with E-state index in [1.54, 1.807) is 6.08 Å². The summed E-state index contributed by atoms with van der Waals surface area (Å²) in [6, 6.07) is -0.643. The van der Waals surface area contributed by atoms with Crippen LogP contribution in [0.5, 0.6) is 0 Å². The first-order valence-electron chi connectivity index (χ1n) is 25.7. The molecule has 0 bridgehead atoms. The molecule has 336 valence electrons. The molecule has 2 atom stereocenters. The maximum Gasteiger partial charge on any atom is 0.220 e. The monoisotopic (exact) mass is 800 g/mol. The van der Waals surface area contributed by atoms with Crippen LogP contribution in [0.1, 0.15) is 277 Å². The highest BCUT2D eigenvalue weighted by Crippen LogP contribution is 2.16. The van der Waals surface area contributed by atoms with Crippen LogP contribution in [-0.4, -0.2) is 34.9 Å². The largest absolute Gasteiger partial charge is 0.394 e. The molecule has 0 aliphatic carbocycles. The average Bonchev–Trinajstić information content (AvgIpc) is 3.22. The summed E-state index contributed by atoms with van der Waals surface area (Å²) >= 11 is 0. The maximum atomic E-state index is 12.4. The Bertz CT molecular complexity index is 866. The molecule has 0 aromatic rings. The molecule has 0 saturated carbocycles. The third-order valence-electron chi connectivity index (χ3n) is 11.9. The van der Waals surface area contributed by atoms with Gasteiger partial charge in [0.25, 0.3) is 0 Å². The quantitative estimate of drug-likeness (QED) is 0.0424. The topological polar surface area (TPSA) is 69.6 Å². The van der Waals surface area contributed by atoms with Gasteiger partial charge in [0.2, 0.25) is 5.91 Å². The van der Waals surface area contributed by atoms with Crippen LogP contribution in [0.4, 0.5) is 0 Å². The molecule has 0 aliphatic heterocycles. The van der Waals surface area contributed by atoms with Crippen LogP contribution in [0.25, 0.3) is 0 Å². The van der Waals surface area contributed by atoms with Crippen molar-refractivity contribution in [3.05, 3.63) is 36.5 Å². The van der Waals surface area contributed by atoms with Crippen molar-refractivity contribution in [3.8, 4) is 0 Å². The van der Waals surface area contributed by atoms with E-state index in [9.17, 15) is 15.0 Å². The minimum absolute atomic E-state index is 0.0742. The zero-order chi connectivity index (χ0) is 41.4. The number of allylic oxidation sites excluding steroid dienone is 5. The number of hydrogen-bond acceptors (Lipinski definition) is 3. The first kappa shape index (κ1) is 55.6. The van der Waals surface area contributed by atoms with Crippen LogP contribution in [0, 0.1) is 0 Å². The SMILES string of the molecule is CCCCCCCCCCCCCCCCCCCC/C=C/CC/C=C/CC/C=C/C(O)C(CO)NC(=O)CCCCCCCCCCCCCCCCCCC. The van der Waals surface area contributed by atoms with E-state index in [0.717, 1.165) is 38.5 Å². The normalized spacial score (nSPS) is 13.1. The van der Waals surface area contributed by atoms with E-state index >= 15 is 0 Å². The van der Waals surface area contributed by atoms with Crippen LogP contribution in [0.3, 0.4) is 0 Å². The average molecular weight is 800 g/mol. The Morgan fingerprint density at radius 3 is 1.02 bits per heavy atom. The predicted octanol–water partition coefficient (Wildman–Crippen LogP) is 16.5. The molecule has 0 aromatic heterocycles. The van der Waals surface area contributed by atoms with Gasteiger partial charge in [0, 0.05) is 6.42 Å². The Morgan fingerprint density at radius 1 is 0.404 bits per heavy atom. The van der Waals surface area contributed by atoms with Crippen molar-refractivity contribution in [1.29, 1.82) is 0 Å². The van der Waals surface area contributed by atoms with E-state index in [1.165, 1.54) is 218 Å². The molecule has 4 heteroatoms. The summed E-state index contributed by atoms with van der Waals surface area (Å²) in [6.07, 6.45) is 65.8. The van der Waals surface area contributed by atoms with Crippen molar-refractivity contribution in [2.24, 2.45) is 0 Å². The van der Waals surface area contributed by atoms with E-state index in [2.05, 4.69) is 43.5 Å². The maximum absolute atomic E-state index is 12.4. The van der Waals surface area contributed by atoms with E-state index < -0.39 is 12.1 Å². The molecule has 2 unspecified atom stereocenters. The highest BCUT2D eigenvalue weighted by atomic mass is 16.3. The van der Waals surface area contributed by atoms with Crippen LogP contribution < -0.4 is 5.32 Å². The minimum atomic E-state index is -0.868. The van der Waals surface area contributed by atoms with Gasteiger partial charge in [0.05, 0.1) is 18.8 Å². The van der Waals surface area contributed by atoms with Crippen molar-refractivity contribution < 1.29 is 15.0 Å². The lowest BCUT2D eigenvalue weighted by atomic mass is 10.0. The highest BCUT2D eigenvalue weighted by molar-refractivity contribution is 5.76. The molecule has 57 heavy (non-hydrogen) atoms. The summed E-state index contributed by atoms with van der Waals surface area (Å²) in [5, 5.41) is 23.1. The fourth-order valence-corrected chi connectivity index (χ4v) is 7.92. The molecule has 3 N–H and O–H groups in total. The third kappa shape index (κ3) is 45.5. The molecule has 4 nitrogen and oxygen atoms in total. The molecule has 0 aliphatic rings. The predicted molar refractivity (Wildman–Crippen MR) is 253 cm³/mol. The lowest BCUT2D eigenvalue weighted by Crippen LogP contribution is -2.45. The van der Waals surface area contributed by atoms with Gasteiger partial charge in [-0.2, -0.15) is 0 Å². The van der Waals surface area contributed by atoms with Crippen molar-refractivity contribution in [2.45, 2.75) is 289 Å². The van der Waals surface area contributed by atoms with E-state index in [-0.39, 0.29) is 12.5 Å². The second kappa shape index (κ2) is 49.0. The van der Waals surface area contributed by atoms with Crippen molar-refractivity contribution in [3.63, 3.8) is 0 Å². The summed E-state index contributed by atoms with van der Waals surface area (Å²) in [4.78, 5) is 12.4. The number of carbonyl (C=O) groups is 1. The van der Waals surface area contributed by atoms with Gasteiger partial charge in [-0.3, -0.25) is 4.79 Å². The summed E-state index contributed by atoms with van der Waals surface area (Å²) in [6.45, 7) is 4.32. The highest BCUT2D eigenvalue weighted by Gasteiger charge is 2.17. The van der Waals surface area contributed by atoms with Gasteiger partial charge >= 0.3 is 0 Å². The molecule has 0 radical (unpaired) electrons. The van der Waals surface area contributed by atoms with Crippen molar-refractivity contribution in [1.82, 2.24) is 5.32 Å². The number of nitrogens with one attached hydrogen (secondary N) is 1. The Balaban J connectivity index is 3.56. The first-order chi connectivity index (χ1) is 28.2. The molecule has 1 amide bonds. The van der Waals surface area contributed by atoms with Gasteiger partial charge in [-0.25, -0.2) is 0 Å². The first-order valence-corrected chi connectivity index (χ1v) is 25.7. The van der Waals surface area contributed by atoms with Gasteiger partial charge in [0.15, 0.2) is 0 Å². The molecule has 0 fully saturated rings. The molecule has 0 heterocycles. The lowest BCUT2D eigenvalue weighted by molar-refractivity contribution is -0.123. The molecular formula is C53H101NO3. The number of carbonyl (C=O) groups excluding carboxylic acids is 1. The Morgan fingerprint density at radius 2 is 0.684 bits per heavy atom. The van der Waals surface area contributed by atoms with E-state index in [0.29, 0.717) is 6.42 Å². The van der Waals surface area contributed by atoms with E-state index in [4.69, 9.17) is 0 Å². The van der Waals surface area contributed by atoms with Gasteiger partial charge in [-0.05, 0) is 44.9 Å². The van der Waals surface area contributed by atoms with Gasteiger partial charge in [-0.15, -0.1) is 0 Å². The van der Waals surface area contributed by atoms with Crippen LogP contribution in [-0.2, 0) is 4.79 Å². The number of amides is 1. The zero-order valence-corrected chi connectivity index (χ0v) is 38.6. The fourth-order valence-electron chi connectivity index (χ4n) is 7.92. The van der Waals surface area contributed by atoms with Crippen molar-refractivity contribution >= 4 is 5.91 Å². The lowest BCUT2D eigenvalue weighted by Gasteiger charge is -2.19. The zero-order valence-electron chi connectivity index (χ0n) is 38.6. The minimum Gasteiger partial charge on any atom is -0.394 e. The molecular weight excluding hydrogens is 699 g/mol. The number of rotatable bonds is 47. The fraction of sp³-hybridized carbons (Fsp3) is 0.868. The second-order valence-electron chi connectivity index (χ2n) is 17.6. The molecule has 0 saturated heterocycles. The van der Waals surface area contributed by atoms with Crippen LogP contribution >= 0.6 is 0 Å². The molecule has 0 aromatic carbocycles. The van der Waals surface area contributed by atoms with Gasteiger partial charge < -0.3 is 15.5 Å². The Hall–Kier alpha value is -1.39. The Kier molecular flexibility index (Phi) is 47.8. The van der Waals surface area contributed by atoms with E-state index in [1.807, 2.05) is 6.08 Å². The van der Waals surface area contributed by atoms with Crippen molar-refractivity contribution in [2.75, 3.05) is 6.61 Å². The number of aliphatic hydroxyl groups is 2. The molecule has 0 rings (SSSR count). The standard InChI is InChI=1S/C53H101NO3/c1-3-5-7-9-11-13-15-17-19-21-22-23-24-25-26-27-28-29-30-31-33-34-36-38-40-42-44-46-48-52(56)51(50-55)54-53(57)49-47-45-43-41-39-37-35-32-20-18-16-14-12-10-8-6-4-2/h31,33,38,40,46,48,51-52,55-56H,3-30,32,34-37,39,41-45,47,49-50H2,1-2H3,(H,54,57)/b33-31+,40-38+,48-46+.